The van der Waals surface area contributed by atoms with Crippen molar-refractivity contribution in [2.45, 2.75) is 19.4 Å². The SMILES string of the molecule is COC(=O)C1CC(=O)N(C(C)c2ccc(F)cc2)C1. The van der Waals surface area contributed by atoms with Crippen LogP contribution < -0.4 is 0 Å². The van der Waals surface area contributed by atoms with Crippen LogP contribution in [0.3, 0.4) is 0 Å². The maximum Gasteiger partial charge on any atom is 0.310 e. The van der Waals surface area contributed by atoms with Crippen molar-refractivity contribution in [1.29, 1.82) is 0 Å². The van der Waals surface area contributed by atoms with Crippen LogP contribution >= 0.6 is 0 Å². The Bertz CT molecular complexity index is 486. The summed E-state index contributed by atoms with van der Waals surface area (Å²) in [7, 11) is 1.32. The van der Waals surface area contributed by atoms with Crippen LogP contribution in [0.15, 0.2) is 24.3 Å². The molecule has 1 aromatic rings. The number of carbonyl (C=O) groups is 2. The molecular formula is C14H16FNO3. The van der Waals surface area contributed by atoms with Crippen molar-refractivity contribution in [3.8, 4) is 0 Å². The normalized spacial score (nSPS) is 20.5. The molecule has 1 amide bonds. The summed E-state index contributed by atoms with van der Waals surface area (Å²) in [4.78, 5) is 25.0. The van der Waals surface area contributed by atoms with Gasteiger partial charge in [-0.15, -0.1) is 0 Å². The average Bonchev–Trinajstić information content (AvgIpc) is 2.80. The molecule has 1 aromatic carbocycles. The third-order valence-corrected chi connectivity index (χ3v) is 3.51. The highest BCUT2D eigenvalue weighted by Crippen LogP contribution is 2.29. The molecule has 1 saturated heterocycles. The number of nitrogens with zero attached hydrogens (tertiary/aromatic N) is 1. The second-order valence-electron chi connectivity index (χ2n) is 4.70. The quantitative estimate of drug-likeness (QED) is 0.784. The number of halogens is 1. The Morgan fingerprint density at radius 2 is 2.05 bits per heavy atom. The molecule has 1 aliphatic rings. The Morgan fingerprint density at radius 3 is 2.63 bits per heavy atom. The van der Waals surface area contributed by atoms with Gasteiger partial charge >= 0.3 is 5.97 Å². The molecule has 0 radical (unpaired) electrons. The van der Waals surface area contributed by atoms with Gasteiger partial charge < -0.3 is 9.64 Å². The van der Waals surface area contributed by atoms with Gasteiger partial charge in [0.05, 0.1) is 19.1 Å². The Balaban J connectivity index is 2.11. The Labute approximate surface area is 111 Å². The number of benzene rings is 1. The monoisotopic (exact) mass is 265 g/mol. The number of rotatable bonds is 3. The smallest absolute Gasteiger partial charge is 0.310 e. The summed E-state index contributed by atoms with van der Waals surface area (Å²) in [6.07, 6.45) is 0.179. The van der Waals surface area contributed by atoms with E-state index in [0.29, 0.717) is 6.54 Å². The molecule has 4 nitrogen and oxygen atoms in total. The van der Waals surface area contributed by atoms with Crippen LogP contribution in [0.25, 0.3) is 0 Å². The fourth-order valence-corrected chi connectivity index (χ4v) is 2.35. The zero-order valence-electron chi connectivity index (χ0n) is 10.9. The number of carbonyl (C=O) groups excluding carboxylic acids is 2. The van der Waals surface area contributed by atoms with E-state index in [4.69, 9.17) is 0 Å². The first-order valence-corrected chi connectivity index (χ1v) is 6.15. The van der Waals surface area contributed by atoms with Gasteiger partial charge in [0.15, 0.2) is 0 Å². The largest absolute Gasteiger partial charge is 0.469 e. The Hall–Kier alpha value is -1.91. The van der Waals surface area contributed by atoms with Crippen molar-refractivity contribution >= 4 is 11.9 Å². The lowest BCUT2D eigenvalue weighted by Crippen LogP contribution is -2.29. The zero-order chi connectivity index (χ0) is 14.0. The first kappa shape index (κ1) is 13.5. The van der Waals surface area contributed by atoms with Gasteiger partial charge in [0.1, 0.15) is 5.82 Å². The molecule has 0 saturated carbocycles. The van der Waals surface area contributed by atoms with Crippen LogP contribution in [0.1, 0.15) is 24.9 Å². The lowest BCUT2D eigenvalue weighted by atomic mass is 10.1. The molecule has 2 atom stereocenters. The number of likely N-dealkylation sites (tertiary alicyclic amines) is 1. The molecule has 2 rings (SSSR count). The molecule has 1 aliphatic heterocycles. The summed E-state index contributed by atoms with van der Waals surface area (Å²) in [5.41, 5.74) is 0.847. The lowest BCUT2D eigenvalue weighted by molar-refractivity contribution is -0.145. The molecule has 0 bridgehead atoms. The molecule has 2 unspecified atom stereocenters. The predicted molar refractivity (Wildman–Crippen MR) is 66.7 cm³/mol. The fraction of sp³-hybridized carbons (Fsp3) is 0.429. The van der Waals surface area contributed by atoms with Crippen molar-refractivity contribution in [2.75, 3.05) is 13.7 Å². The molecule has 19 heavy (non-hydrogen) atoms. The number of methoxy groups -OCH3 is 1. The summed E-state index contributed by atoms with van der Waals surface area (Å²) in [5, 5.41) is 0. The van der Waals surface area contributed by atoms with Crippen LogP contribution in [0.4, 0.5) is 4.39 Å². The van der Waals surface area contributed by atoms with E-state index in [0.717, 1.165) is 5.56 Å². The minimum atomic E-state index is -0.402. The zero-order valence-corrected chi connectivity index (χ0v) is 10.9. The van der Waals surface area contributed by atoms with Crippen molar-refractivity contribution in [2.24, 2.45) is 5.92 Å². The van der Waals surface area contributed by atoms with Crippen molar-refractivity contribution in [3.05, 3.63) is 35.6 Å². The molecule has 1 heterocycles. The number of ether oxygens (including phenoxy) is 1. The van der Waals surface area contributed by atoms with Gasteiger partial charge in [-0.05, 0) is 24.6 Å². The molecule has 102 valence electrons. The molecule has 0 aliphatic carbocycles. The fourth-order valence-electron chi connectivity index (χ4n) is 2.35. The van der Waals surface area contributed by atoms with E-state index in [9.17, 15) is 14.0 Å². The molecule has 5 heteroatoms. The summed E-state index contributed by atoms with van der Waals surface area (Å²) in [6, 6.07) is 5.86. The van der Waals surface area contributed by atoms with Gasteiger partial charge in [-0.1, -0.05) is 12.1 Å². The Morgan fingerprint density at radius 1 is 1.42 bits per heavy atom. The highest BCUT2D eigenvalue weighted by Gasteiger charge is 2.37. The summed E-state index contributed by atoms with van der Waals surface area (Å²) in [6.45, 7) is 2.22. The van der Waals surface area contributed by atoms with Gasteiger partial charge in [-0.3, -0.25) is 9.59 Å². The van der Waals surface area contributed by atoms with E-state index in [1.807, 2.05) is 6.92 Å². The first-order chi connectivity index (χ1) is 9.02. The number of esters is 1. The van der Waals surface area contributed by atoms with Crippen LogP contribution in [0, 0.1) is 11.7 Å². The van der Waals surface area contributed by atoms with E-state index < -0.39 is 5.92 Å². The number of amides is 1. The van der Waals surface area contributed by atoms with Crippen LogP contribution in [0.5, 0.6) is 0 Å². The molecule has 0 aromatic heterocycles. The third kappa shape index (κ3) is 2.75. The van der Waals surface area contributed by atoms with Gasteiger partial charge in [0.25, 0.3) is 0 Å². The summed E-state index contributed by atoms with van der Waals surface area (Å²) < 4.78 is 17.5. The molecule has 0 spiro atoms. The van der Waals surface area contributed by atoms with Crippen LogP contribution in [-0.2, 0) is 14.3 Å². The Kier molecular flexibility index (Phi) is 3.83. The van der Waals surface area contributed by atoms with E-state index in [2.05, 4.69) is 4.74 Å². The molecule has 1 fully saturated rings. The van der Waals surface area contributed by atoms with E-state index >= 15 is 0 Å². The number of hydrogen-bond donors (Lipinski definition) is 0. The van der Waals surface area contributed by atoms with Gasteiger partial charge in [0, 0.05) is 13.0 Å². The lowest BCUT2D eigenvalue weighted by Gasteiger charge is -2.25. The van der Waals surface area contributed by atoms with E-state index in [1.165, 1.54) is 19.2 Å². The highest BCUT2D eigenvalue weighted by molar-refractivity contribution is 5.87. The third-order valence-electron chi connectivity index (χ3n) is 3.51. The maximum atomic E-state index is 12.9. The second-order valence-corrected chi connectivity index (χ2v) is 4.70. The van der Waals surface area contributed by atoms with Gasteiger partial charge in [-0.2, -0.15) is 0 Å². The van der Waals surface area contributed by atoms with E-state index in [-0.39, 0.29) is 30.2 Å². The summed E-state index contributed by atoms with van der Waals surface area (Å²) >= 11 is 0. The minimum absolute atomic E-state index is 0.0766. The first-order valence-electron chi connectivity index (χ1n) is 6.15. The average molecular weight is 265 g/mol. The number of hydrogen-bond acceptors (Lipinski definition) is 3. The summed E-state index contributed by atoms with van der Waals surface area (Å²) in [5.74, 6) is -1.15. The maximum absolute atomic E-state index is 12.9. The van der Waals surface area contributed by atoms with Crippen LogP contribution in [-0.4, -0.2) is 30.4 Å². The molecule has 0 N–H and O–H groups in total. The van der Waals surface area contributed by atoms with Gasteiger partial charge in [-0.25, -0.2) is 4.39 Å². The predicted octanol–water partition coefficient (Wildman–Crippen LogP) is 1.91. The van der Waals surface area contributed by atoms with Crippen molar-refractivity contribution in [1.82, 2.24) is 4.90 Å². The molecular weight excluding hydrogens is 249 g/mol. The topological polar surface area (TPSA) is 46.6 Å². The highest BCUT2D eigenvalue weighted by atomic mass is 19.1. The standard InChI is InChI=1S/C14H16FNO3/c1-9(10-3-5-12(15)6-4-10)16-8-11(7-13(16)17)14(18)19-2/h3-6,9,11H,7-8H2,1-2H3. The minimum Gasteiger partial charge on any atom is -0.469 e. The second kappa shape index (κ2) is 5.38. The van der Waals surface area contributed by atoms with E-state index in [1.54, 1.807) is 17.0 Å². The van der Waals surface area contributed by atoms with Crippen molar-refractivity contribution < 1.29 is 18.7 Å². The van der Waals surface area contributed by atoms with Crippen molar-refractivity contribution in [3.63, 3.8) is 0 Å². The van der Waals surface area contributed by atoms with Gasteiger partial charge in [0.2, 0.25) is 5.91 Å². The van der Waals surface area contributed by atoms with Crippen LogP contribution in [0.2, 0.25) is 0 Å².